The van der Waals surface area contributed by atoms with Crippen LogP contribution in [0.3, 0.4) is 0 Å². The molecule has 0 unspecified atom stereocenters. The second kappa shape index (κ2) is 5.78. The molecule has 0 aliphatic rings. The zero-order chi connectivity index (χ0) is 11.1. The smallest absolute Gasteiger partial charge is 0.317 e. The number of rotatable bonds is 5. The standard InChI is InChI=1S/C11H12N2O2/c1-2-7-13(9-11(14)15)8-10-5-3-4-6-12-10/h1,3-6H,7-9H2,(H,14,15). The zero-order valence-electron chi connectivity index (χ0n) is 8.26. The van der Waals surface area contributed by atoms with E-state index >= 15 is 0 Å². The van der Waals surface area contributed by atoms with Crippen LogP contribution in [-0.2, 0) is 11.3 Å². The third kappa shape index (κ3) is 4.25. The van der Waals surface area contributed by atoms with Crippen molar-refractivity contribution in [2.45, 2.75) is 6.54 Å². The molecule has 1 heterocycles. The zero-order valence-corrected chi connectivity index (χ0v) is 8.26. The second-order valence-electron chi connectivity index (χ2n) is 3.06. The molecule has 0 saturated heterocycles. The second-order valence-corrected chi connectivity index (χ2v) is 3.06. The van der Waals surface area contributed by atoms with Crippen molar-refractivity contribution in [1.82, 2.24) is 9.88 Å². The third-order valence-corrected chi connectivity index (χ3v) is 1.79. The first-order chi connectivity index (χ1) is 7.22. The summed E-state index contributed by atoms with van der Waals surface area (Å²) < 4.78 is 0. The summed E-state index contributed by atoms with van der Waals surface area (Å²) in [5.41, 5.74) is 0.814. The quantitative estimate of drug-likeness (QED) is 0.714. The molecule has 4 heteroatoms. The Hall–Kier alpha value is -1.86. The Morgan fingerprint density at radius 3 is 2.93 bits per heavy atom. The fourth-order valence-corrected chi connectivity index (χ4v) is 1.21. The largest absolute Gasteiger partial charge is 0.480 e. The van der Waals surface area contributed by atoms with Crippen LogP contribution in [0.4, 0.5) is 0 Å². The molecule has 4 nitrogen and oxygen atoms in total. The predicted octanol–water partition coefficient (Wildman–Crippen LogP) is 0.601. The highest BCUT2D eigenvalue weighted by atomic mass is 16.4. The molecular formula is C11H12N2O2. The van der Waals surface area contributed by atoms with Crippen LogP contribution in [0.15, 0.2) is 24.4 Å². The summed E-state index contributed by atoms with van der Waals surface area (Å²) in [6.07, 6.45) is 6.82. The summed E-state index contributed by atoms with van der Waals surface area (Å²) in [6, 6.07) is 5.51. The van der Waals surface area contributed by atoms with E-state index in [4.69, 9.17) is 11.5 Å². The average Bonchev–Trinajstić information content (AvgIpc) is 2.18. The molecule has 78 valence electrons. The van der Waals surface area contributed by atoms with Crippen LogP contribution in [-0.4, -0.2) is 34.0 Å². The van der Waals surface area contributed by atoms with Crippen LogP contribution in [0.1, 0.15) is 5.69 Å². The number of hydrogen-bond donors (Lipinski definition) is 1. The van der Waals surface area contributed by atoms with E-state index < -0.39 is 5.97 Å². The van der Waals surface area contributed by atoms with Gasteiger partial charge in [0.25, 0.3) is 0 Å². The molecule has 1 rings (SSSR count). The molecule has 0 aromatic carbocycles. The van der Waals surface area contributed by atoms with Crippen molar-refractivity contribution in [3.8, 4) is 12.3 Å². The van der Waals surface area contributed by atoms with E-state index in [1.807, 2.05) is 18.2 Å². The van der Waals surface area contributed by atoms with E-state index in [2.05, 4.69) is 10.9 Å². The highest BCUT2D eigenvalue weighted by Gasteiger charge is 2.09. The summed E-state index contributed by atoms with van der Waals surface area (Å²) >= 11 is 0. The van der Waals surface area contributed by atoms with Crippen LogP contribution in [0.25, 0.3) is 0 Å². The molecule has 0 aliphatic carbocycles. The molecule has 0 aliphatic heterocycles. The Morgan fingerprint density at radius 1 is 1.60 bits per heavy atom. The minimum Gasteiger partial charge on any atom is -0.480 e. The molecule has 1 aromatic rings. The van der Waals surface area contributed by atoms with Gasteiger partial charge in [0.2, 0.25) is 0 Å². The van der Waals surface area contributed by atoms with E-state index in [0.29, 0.717) is 13.1 Å². The van der Waals surface area contributed by atoms with Gasteiger partial charge in [-0.25, -0.2) is 0 Å². The lowest BCUT2D eigenvalue weighted by atomic mass is 10.3. The van der Waals surface area contributed by atoms with E-state index in [1.54, 1.807) is 11.1 Å². The molecule has 0 amide bonds. The van der Waals surface area contributed by atoms with Crippen molar-refractivity contribution in [3.05, 3.63) is 30.1 Å². The van der Waals surface area contributed by atoms with Crippen molar-refractivity contribution in [2.75, 3.05) is 13.1 Å². The SMILES string of the molecule is C#CCN(CC(=O)O)Cc1ccccn1. The Balaban J connectivity index is 2.59. The molecule has 0 bridgehead atoms. The highest BCUT2D eigenvalue weighted by Crippen LogP contribution is 1.99. The summed E-state index contributed by atoms with van der Waals surface area (Å²) in [5, 5.41) is 8.66. The number of carbonyl (C=O) groups is 1. The maximum absolute atomic E-state index is 10.5. The Labute approximate surface area is 88.6 Å². The number of terminal acetylenes is 1. The summed E-state index contributed by atoms with van der Waals surface area (Å²) in [5.74, 6) is 1.54. The molecule has 0 fully saturated rings. The number of aliphatic carboxylic acids is 1. The van der Waals surface area contributed by atoms with Gasteiger partial charge >= 0.3 is 5.97 Å². The van der Waals surface area contributed by atoms with Gasteiger partial charge in [-0.1, -0.05) is 12.0 Å². The van der Waals surface area contributed by atoms with Gasteiger partial charge < -0.3 is 5.11 Å². The average molecular weight is 204 g/mol. The van der Waals surface area contributed by atoms with Gasteiger partial charge in [0.15, 0.2) is 0 Å². The fraction of sp³-hybridized carbons (Fsp3) is 0.273. The first-order valence-corrected chi connectivity index (χ1v) is 4.50. The Bertz CT molecular complexity index is 357. The number of nitrogens with zero attached hydrogens (tertiary/aromatic N) is 2. The van der Waals surface area contributed by atoms with Crippen molar-refractivity contribution in [1.29, 1.82) is 0 Å². The third-order valence-electron chi connectivity index (χ3n) is 1.79. The minimum atomic E-state index is -0.888. The maximum atomic E-state index is 10.5. The number of hydrogen-bond acceptors (Lipinski definition) is 3. The Kier molecular flexibility index (Phi) is 4.32. The number of aromatic nitrogens is 1. The van der Waals surface area contributed by atoms with Crippen molar-refractivity contribution in [2.24, 2.45) is 0 Å². The van der Waals surface area contributed by atoms with E-state index in [0.717, 1.165) is 5.69 Å². The summed E-state index contributed by atoms with van der Waals surface area (Å²) in [6.45, 7) is 0.695. The molecular weight excluding hydrogens is 192 g/mol. The van der Waals surface area contributed by atoms with Crippen molar-refractivity contribution >= 4 is 5.97 Å². The summed E-state index contributed by atoms with van der Waals surface area (Å²) in [4.78, 5) is 16.3. The highest BCUT2D eigenvalue weighted by molar-refractivity contribution is 5.69. The van der Waals surface area contributed by atoms with Gasteiger partial charge in [-0.05, 0) is 12.1 Å². The molecule has 15 heavy (non-hydrogen) atoms. The van der Waals surface area contributed by atoms with Crippen LogP contribution in [0.2, 0.25) is 0 Å². The van der Waals surface area contributed by atoms with Gasteiger partial charge in [0.05, 0.1) is 18.8 Å². The number of pyridine rings is 1. The van der Waals surface area contributed by atoms with Crippen LogP contribution >= 0.6 is 0 Å². The number of carboxylic acids is 1. The lowest BCUT2D eigenvalue weighted by Gasteiger charge is -2.16. The number of carboxylic acid groups (broad SMARTS) is 1. The first kappa shape index (κ1) is 11.2. The predicted molar refractivity (Wildman–Crippen MR) is 56.0 cm³/mol. The van der Waals surface area contributed by atoms with Gasteiger partial charge in [-0.3, -0.25) is 14.7 Å². The van der Waals surface area contributed by atoms with Gasteiger partial charge in [0, 0.05) is 12.7 Å². The Morgan fingerprint density at radius 2 is 2.40 bits per heavy atom. The summed E-state index contributed by atoms with van der Waals surface area (Å²) in [7, 11) is 0. The monoisotopic (exact) mass is 204 g/mol. The maximum Gasteiger partial charge on any atom is 0.317 e. The molecule has 0 spiro atoms. The van der Waals surface area contributed by atoms with Gasteiger partial charge in [-0.2, -0.15) is 0 Å². The van der Waals surface area contributed by atoms with E-state index in [9.17, 15) is 4.79 Å². The molecule has 1 aromatic heterocycles. The topological polar surface area (TPSA) is 53.4 Å². The van der Waals surface area contributed by atoms with E-state index in [1.165, 1.54) is 0 Å². The van der Waals surface area contributed by atoms with E-state index in [-0.39, 0.29) is 6.54 Å². The minimum absolute atomic E-state index is 0.0687. The molecule has 0 atom stereocenters. The molecule has 0 saturated carbocycles. The van der Waals surface area contributed by atoms with Crippen LogP contribution in [0.5, 0.6) is 0 Å². The van der Waals surface area contributed by atoms with Crippen molar-refractivity contribution in [3.63, 3.8) is 0 Å². The lowest BCUT2D eigenvalue weighted by molar-refractivity contribution is -0.138. The van der Waals surface area contributed by atoms with Gasteiger partial charge in [0.1, 0.15) is 0 Å². The van der Waals surface area contributed by atoms with Crippen LogP contribution in [0, 0.1) is 12.3 Å². The van der Waals surface area contributed by atoms with Crippen LogP contribution < -0.4 is 0 Å². The van der Waals surface area contributed by atoms with Gasteiger partial charge in [-0.15, -0.1) is 6.42 Å². The molecule has 1 N–H and O–H groups in total. The lowest BCUT2D eigenvalue weighted by Crippen LogP contribution is -2.29. The normalized spacial score (nSPS) is 9.87. The molecule has 0 radical (unpaired) electrons. The fourth-order valence-electron chi connectivity index (χ4n) is 1.21. The first-order valence-electron chi connectivity index (χ1n) is 4.50. The van der Waals surface area contributed by atoms with Crippen molar-refractivity contribution < 1.29 is 9.90 Å².